The zero-order valence-corrected chi connectivity index (χ0v) is 14.6. The summed E-state index contributed by atoms with van der Waals surface area (Å²) in [4.78, 5) is 12.9. The summed E-state index contributed by atoms with van der Waals surface area (Å²) in [5, 5.41) is 12.8. The molecule has 1 aromatic heterocycles. The van der Waals surface area contributed by atoms with E-state index in [1.165, 1.54) is 12.1 Å². The lowest BCUT2D eigenvalue weighted by Gasteiger charge is -2.36. The molecule has 1 fully saturated rings. The minimum Gasteiger partial charge on any atom is -0.469 e. The van der Waals surface area contributed by atoms with Crippen molar-refractivity contribution in [3.05, 3.63) is 59.8 Å². The van der Waals surface area contributed by atoms with E-state index in [9.17, 15) is 14.3 Å². The first-order valence-corrected chi connectivity index (χ1v) is 8.86. The van der Waals surface area contributed by atoms with Crippen molar-refractivity contribution in [3.63, 3.8) is 0 Å². The quantitative estimate of drug-likeness (QED) is 0.795. The van der Waals surface area contributed by atoms with Crippen molar-refractivity contribution in [2.24, 2.45) is 5.41 Å². The molecule has 2 heterocycles. The summed E-state index contributed by atoms with van der Waals surface area (Å²) in [5.41, 5.74) is 0.386. The van der Waals surface area contributed by atoms with Gasteiger partial charge in [0.05, 0.1) is 18.8 Å². The molecule has 26 heavy (non-hydrogen) atoms. The normalized spacial score (nSPS) is 17.6. The number of hydrogen-bond acceptors (Lipinski definition) is 4. The Morgan fingerprint density at radius 3 is 2.58 bits per heavy atom. The van der Waals surface area contributed by atoms with Crippen LogP contribution in [0, 0.1) is 11.2 Å². The smallest absolute Gasteiger partial charge is 0.228 e. The molecule has 2 N–H and O–H groups in total. The molecule has 0 saturated carbocycles. The monoisotopic (exact) mass is 361 g/mol. The molecule has 1 aliphatic heterocycles. The van der Waals surface area contributed by atoms with E-state index in [-0.39, 0.29) is 23.7 Å². The van der Waals surface area contributed by atoms with Crippen LogP contribution >= 0.6 is 0 Å². The Morgan fingerprint density at radius 2 is 1.96 bits per heavy atom. The topological polar surface area (TPSA) is 71.7 Å². The number of hydrogen-bond donors (Lipinski definition) is 2. The third-order valence-corrected chi connectivity index (χ3v) is 5.10. The average molecular weight is 361 g/mol. The number of aliphatic hydroxyl groups is 1. The zero-order chi connectivity index (χ0) is 18.4. The SMILES string of the molecule is O=C(NCC1(CO)CCOCC1)C(Cc1ccco1)c1ccc(F)cc1. The average Bonchev–Trinajstić information content (AvgIpc) is 3.19. The van der Waals surface area contributed by atoms with E-state index in [1.54, 1.807) is 24.5 Å². The van der Waals surface area contributed by atoms with Crippen molar-refractivity contribution >= 4 is 5.91 Å². The van der Waals surface area contributed by atoms with Gasteiger partial charge in [0.15, 0.2) is 0 Å². The largest absolute Gasteiger partial charge is 0.469 e. The molecule has 1 aromatic carbocycles. The Kier molecular flexibility index (Phi) is 6.06. The molecule has 140 valence electrons. The van der Waals surface area contributed by atoms with E-state index in [1.807, 2.05) is 6.07 Å². The summed E-state index contributed by atoms with van der Waals surface area (Å²) in [6.07, 6.45) is 3.38. The van der Waals surface area contributed by atoms with E-state index < -0.39 is 5.92 Å². The third kappa shape index (κ3) is 4.51. The molecule has 0 aliphatic carbocycles. The first-order valence-electron chi connectivity index (χ1n) is 8.86. The number of amides is 1. The number of furan rings is 1. The third-order valence-electron chi connectivity index (χ3n) is 5.10. The zero-order valence-electron chi connectivity index (χ0n) is 14.6. The van der Waals surface area contributed by atoms with Crippen LogP contribution in [0.3, 0.4) is 0 Å². The van der Waals surface area contributed by atoms with E-state index >= 15 is 0 Å². The van der Waals surface area contributed by atoms with E-state index in [4.69, 9.17) is 9.15 Å². The van der Waals surface area contributed by atoms with Gasteiger partial charge in [-0.3, -0.25) is 4.79 Å². The summed E-state index contributed by atoms with van der Waals surface area (Å²) < 4.78 is 24.0. The van der Waals surface area contributed by atoms with Gasteiger partial charge >= 0.3 is 0 Å². The van der Waals surface area contributed by atoms with Gasteiger partial charge in [-0.2, -0.15) is 0 Å². The Balaban J connectivity index is 1.72. The maximum atomic E-state index is 13.3. The Hall–Kier alpha value is -2.18. The molecule has 1 unspecified atom stereocenters. The molecule has 0 radical (unpaired) electrons. The van der Waals surface area contributed by atoms with Gasteiger partial charge < -0.3 is 19.6 Å². The highest BCUT2D eigenvalue weighted by Gasteiger charge is 2.33. The second kappa shape index (κ2) is 8.47. The predicted octanol–water partition coefficient (Wildman–Crippen LogP) is 2.65. The number of aliphatic hydroxyl groups excluding tert-OH is 1. The number of rotatable bonds is 7. The highest BCUT2D eigenvalue weighted by atomic mass is 19.1. The van der Waals surface area contributed by atoms with Gasteiger partial charge in [0.25, 0.3) is 0 Å². The summed E-state index contributed by atoms with van der Waals surface area (Å²) in [7, 11) is 0. The second-order valence-electron chi connectivity index (χ2n) is 6.88. The highest BCUT2D eigenvalue weighted by molar-refractivity contribution is 5.84. The minimum atomic E-state index is -0.489. The van der Waals surface area contributed by atoms with Gasteiger partial charge in [0.1, 0.15) is 11.6 Å². The number of benzene rings is 1. The Morgan fingerprint density at radius 1 is 1.23 bits per heavy atom. The number of ether oxygens (including phenoxy) is 1. The standard InChI is InChI=1S/C20H24FNO4/c21-16-5-3-15(4-6-16)18(12-17-2-1-9-26-17)19(24)22-13-20(14-23)7-10-25-11-8-20/h1-6,9,18,23H,7-8,10-14H2,(H,22,24). The van der Waals surface area contributed by atoms with E-state index in [0.717, 1.165) is 5.56 Å². The highest BCUT2D eigenvalue weighted by Crippen LogP contribution is 2.30. The first kappa shape index (κ1) is 18.6. The number of nitrogens with one attached hydrogen (secondary N) is 1. The number of carbonyl (C=O) groups is 1. The number of carbonyl (C=O) groups excluding carboxylic acids is 1. The fourth-order valence-electron chi connectivity index (χ4n) is 3.28. The van der Waals surface area contributed by atoms with E-state index in [2.05, 4.69) is 5.32 Å². The first-order chi connectivity index (χ1) is 12.6. The predicted molar refractivity (Wildman–Crippen MR) is 94.1 cm³/mol. The van der Waals surface area contributed by atoms with Crippen molar-refractivity contribution in [2.75, 3.05) is 26.4 Å². The minimum absolute atomic E-state index is 0.00996. The maximum Gasteiger partial charge on any atom is 0.228 e. The second-order valence-corrected chi connectivity index (χ2v) is 6.88. The maximum absolute atomic E-state index is 13.3. The molecular weight excluding hydrogens is 337 g/mol. The van der Waals surface area contributed by atoms with Crippen LogP contribution in [0.4, 0.5) is 4.39 Å². The van der Waals surface area contributed by atoms with Crippen LogP contribution in [0.2, 0.25) is 0 Å². The summed E-state index contributed by atoms with van der Waals surface area (Å²) >= 11 is 0. The van der Waals surface area contributed by atoms with Gasteiger partial charge in [-0.25, -0.2) is 4.39 Å². The lowest BCUT2D eigenvalue weighted by molar-refractivity contribution is -0.124. The van der Waals surface area contributed by atoms with Crippen LogP contribution < -0.4 is 5.32 Å². The van der Waals surface area contributed by atoms with Crippen LogP contribution in [0.25, 0.3) is 0 Å². The Bertz CT molecular complexity index is 693. The van der Waals surface area contributed by atoms with Crippen molar-refractivity contribution in [2.45, 2.75) is 25.2 Å². The lowest BCUT2D eigenvalue weighted by atomic mass is 9.80. The van der Waals surface area contributed by atoms with Gasteiger partial charge in [-0.15, -0.1) is 0 Å². The van der Waals surface area contributed by atoms with Gasteiger partial charge in [0, 0.05) is 31.6 Å². The molecule has 3 rings (SSSR count). The van der Waals surface area contributed by atoms with E-state index in [0.29, 0.717) is 44.8 Å². The summed E-state index contributed by atoms with van der Waals surface area (Å²) in [6, 6.07) is 9.55. The van der Waals surface area contributed by atoms with Crippen molar-refractivity contribution in [1.82, 2.24) is 5.32 Å². The molecule has 0 bridgehead atoms. The van der Waals surface area contributed by atoms with Crippen LogP contribution in [-0.2, 0) is 16.0 Å². The molecule has 1 aliphatic rings. The van der Waals surface area contributed by atoms with Crippen molar-refractivity contribution < 1.29 is 23.4 Å². The van der Waals surface area contributed by atoms with Crippen LogP contribution in [-0.4, -0.2) is 37.4 Å². The summed E-state index contributed by atoms with van der Waals surface area (Å²) in [6.45, 7) is 1.58. The van der Waals surface area contributed by atoms with Crippen LogP contribution in [0.15, 0.2) is 47.1 Å². The lowest BCUT2D eigenvalue weighted by Crippen LogP contribution is -2.45. The molecule has 0 spiro atoms. The fraction of sp³-hybridized carbons (Fsp3) is 0.450. The Labute approximate surface area is 152 Å². The van der Waals surface area contributed by atoms with Gasteiger partial charge in [-0.1, -0.05) is 12.1 Å². The molecule has 5 nitrogen and oxygen atoms in total. The molecular formula is C20H24FNO4. The summed E-state index contributed by atoms with van der Waals surface area (Å²) in [5.74, 6) is -0.297. The molecule has 1 saturated heterocycles. The molecule has 1 atom stereocenters. The van der Waals surface area contributed by atoms with Crippen LogP contribution in [0.5, 0.6) is 0 Å². The van der Waals surface area contributed by atoms with Crippen molar-refractivity contribution in [3.8, 4) is 0 Å². The molecule has 6 heteroatoms. The van der Waals surface area contributed by atoms with Crippen LogP contribution in [0.1, 0.15) is 30.1 Å². The van der Waals surface area contributed by atoms with Gasteiger partial charge in [0.2, 0.25) is 5.91 Å². The fourth-order valence-corrected chi connectivity index (χ4v) is 3.28. The van der Waals surface area contributed by atoms with Gasteiger partial charge in [-0.05, 0) is 42.7 Å². The van der Waals surface area contributed by atoms with Crippen molar-refractivity contribution in [1.29, 1.82) is 0 Å². The molecule has 1 amide bonds. The molecule has 2 aromatic rings. The number of halogens is 1.